The van der Waals surface area contributed by atoms with Crippen molar-refractivity contribution in [3.05, 3.63) is 65.5 Å². The Hall–Kier alpha value is -2.40. The highest BCUT2D eigenvalue weighted by Crippen LogP contribution is 2.17. The van der Waals surface area contributed by atoms with E-state index in [0.29, 0.717) is 17.4 Å². The van der Waals surface area contributed by atoms with E-state index in [9.17, 15) is 0 Å². The largest absolute Gasteiger partial charge is 0.409 e. The lowest BCUT2D eigenvalue weighted by Gasteiger charge is -2.04. The maximum absolute atomic E-state index is 5.52. The van der Waals surface area contributed by atoms with Crippen molar-refractivity contribution in [2.45, 2.75) is 6.67 Å². The molecular weight excluding hydrogens is 270 g/mol. The molecular formula is C15H13N3OS. The molecule has 0 radical (unpaired) electrons. The zero-order valence-corrected chi connectivity index (χ0v) is 11.5. The lowest BCUT2D eigenvalue weighted by molar-refractivity contribution is 0.522. The topological polar surface area (TPSA) is 43.0 Å². The summed E-state index contributed by atoms with van der Waals surface area (Å²) in [6, 6.07) is 19.6. The van der Waals surface area contributed by atoms with Gasteiger partial charge in [0.1, 0.15) is 6.67 Å². The molecule has 0 aliphatic rings. The number of nitrogens with one attached hydrogen (secondary N) is 1. The highest BCUT2D eigenvalue weighted by atomic mass is 32.1. The molecule has 2 aromatic carbocycles. The van der Waals surface area contributed by atoms with Gasteiger partial charge in [-0.3, -0.25) is 0 Å². The summed E-state index contributed by atoms with van der Waals surface area (Å²) in [5.74, 6) is 0.533. The highest BCUT2D eigenvalue weighted by Gasteiger charge is 2.07. The Morgan fingerprint density at radius 2 is 1.65 bits per heavy atom. The first-order valence-corrected chi connectivity index (χ1v) is 6.66. The van der Waals surface area contributed by atoms with Crippen LogP contribution in [0.5, 0.6) is 0 Å². The van der Waals surface area contributed by atoms with Crippen LogP contribution in [0.15, 0.2) is 65.1 Å². The number of benzene rings is 2. The van der Waals surface area contributed by atoms with E-state index >= 15 is 0 Å². The van der Waals surface area contributed by atoms with Gasteiger partial charge in [-0.05, 0) is 36.5 Å². The fraction of sp³-hybridized carbons (Fsp3) is 0.0667. The maximum Gasteiger partial charge on any atom is 0.289 e. The number of nitrogens with zero attached hydrogens (tertiary/aromatic N) is 2. The number of anilines is 1. The minimum atomic E-state index is 0.354. The molecule has 1 heterocycles. The molecule has 0 spiro atoms. The first-order valence-electron chi connectivity index (χ1n) is 6.25. The van der Waals surface area contributed by atoms with Crippen molar-refractivity contribution in [3.63, 3.8) is 0 Å². The second-order valence-electron chi connectivity index (χ2n) is 4.24. The summed E-state index contributed by atoms with van der Waals surface area (Å²) >= 11 is 5.18. The van der Waals surface area contributed by atoms with Crippen molar-refractivity contribution in [2.24, 2.45) is 0 Å². The summed E-state index contributed by atoms with van der Waals surface area (Å²) < 4.78 is 7.15. The van der Waals surface area contributed by atoms with Gasteiger partial charge < -0.3 is 9.73 Å². The van der Waals surface area contributed by atoms with Gasteiger partial charge >= 0.3 is 0 Å². The molecule has 0 saturated heterocycles. The van der Waals surface area contributed by atoms with Crippen molar-refractivity contribution in [3.8, 4) is 11.5 Å². The van der Waals surface area contributed by atoms with E-state index in [1.807, 2.05) is 60.7 Å². The molecule has 0 amide bonds. The van der Waals surface area contributed by atoms with Crippen LogP contribution in [0.3, 0.4) is 0 Å². The molecule has 20 heavy (non-hydrogen) atoms. The number of hydrogen-bond acceptors (Lipinski definition) is 4. The van der Waals surface area contributed by atoms with Crippen LogP contribution in [0.1, 0.15) is 0 Å². The summed E-state index contributed by atoms with van der Waals surface area (Å²) in [4.78, 5) is 0.354. The van der Waals surface area contributed by atoms with Gasteiger partial charge in [-0.2, -0.15) is 0 Å². The predicted molar refractivity (Wildman–Crippen MR) is 80.8 cm³/mol. The number of aromatic nitrogens is 2. The van der Waals surface area contributed by atoms with Gasteiger partial charge in [0.05, 0.1) is 0 Å². The standard InChI is InChI=1S/C15H13N3OS/c20-15-18(11-16-13-9-5-2-6-10-13)17-14(19-15)12-7-3-1-4-8-12/h1-10,16H,11H2. The summed E-state index contributed by atoms with van der Waals surface area (Å²) in [5, 5.41) is 7.62. The summed E-state index contributed by atoms with van der Waals surface area (Å²) in [6.07, 6.45) is 0. The molecule has 3 aromatic rings. The molecule has 1 aromatic heterocycles. The van der Waals surface area contributed by atoms with E-state index in [-0.39, 0.29) is 0 Å². The Balaban J connectivity index is 1.78. The number of hydrogen-bond donors (Lipinski definition) is 1. The van der Waals surface area contributed by atoms with Crippen LogP contribution in [-0.2, 0) is 6.67 Å². The molecule has 0 aliphatic heterocycles. The van der Waals surface area contributed by atoms with E-state index in [2.05, 4.69) is 10.4 Å². The smallest absolute Gasteiger partial charge is 0.289 e. The van der Waals surface area contributed by atoms with E-state index in [0.717, 1.165) is 11.3 Å². The van der Waals surface area contributed by atoms with Crippen LogP contribution < -0.4 is 5.32 Å². The highest BCUT2D eigenvalue weighted by molar-refractivity contribution is 7.71. The second kappa shape index (κ2) is 5.71. The molecule has 0 bridgehead atoms. The lowest BCUT2D eigenvalue weighted by Crippen LogP contribution is -2.09. The molecule has 4 nitrogen and oxygen atoms in total. The van der Waals surface area contributed by atoms with E-state index < -0.39 is 0 Å². The normalized spacial score (nSPS) is 10.4. The molecule has 0 aliphatic carbocycles. The minimum Gasteiger partial charge on any atom is -0.409 e. The lowest BCUT2D eigenvalue weighted by atomic mass is 10.2. The Kier molecular flexibility index (Phi) is 3.60. The van der Waals surface area contributed by atoms with E-state index in [1.54, 1.807) is 4.68 Å². The average Bonchev–Trinajstić information content (AvgIpc) is 2.88. The fourth-order valence-corrected chi connectivity index (χ4v) is 2.01. The summed E-state index contributed by atoms with van der Waals surface area (Å²) in [7, 11) is 0. The van der Waals surface area contributed by atoms with Gasteiger partial charge in [0.2, 0.25) is 5.89 Å². The van der Waals surface area contributed by atoms with Gasteiger partial charge in [-0.15, -0.1) is 5.10 Å². The summed E-state index contributed by atoms with van der Waals surface area (Å²) in [6.45, 7) is 0.471. The van der Waals surface area contributed by atoms with Crippen molar-refractivity contribution < 1.29 is 4.42 Å². The molecule has 0 atom stereocenters. The zero-order valence-electron chi connectivity index (χ0n) is 10.7. The first-order chi connectivity index (χ1) is 9.83. The number of para-hydroxylation sites is 1. The first kappa shape index (κ1) is 12.6. The van der Waals surface area contributed by atoms with E-state index in [1.165, 1.54) is 0 Å². The Morgan fingerprint density at radius 1 is 1.00 bits per heavy atom. The van der Waals surface area contributed by atoms with Crippen LogP contribution in [0.25, 0.3) is 11.5 Å². The van der Waals surface area contributed by atoms with Crippen molar-refractivity contribution in [1.29, 1.82) is 0 Å². The van der Waals surface area contributed by atoms with Gasteiger partial charge in [-0.1, -0.05) is 36.4 Å². The molecule has 3 rings (SSSR count). The van der Waals surface area contributed by atoms with E-state index in [4.69, 9.17) is 16.6 Å². The quantitative estimate of drug-likeness (QED) is 0.736. The third kappa shape index (κ3) is 2.78. The molecule has 1 N–H and O–H groups in total. The summed E-state index contributed by atoms with van der Waals surface area (Å²) in [5.41, 5.74) is 1.93. The van der Waals surface area contributed by atoms with Crippen LogP contribution in [0.4, 0.5) is 5.69 Å². The molecule has 0 unspecified atom stereocenters. The zero-order chi connectivity index (χ0) is 13.8. The van der Waals surface area contributed by atoms with Gasteiger partial charge in [0.25, 0.3) is 4.84 Å². The van der Waals surface area contributed by atoms with Crippen molar-refractivity contribution >= 4 is 17.9 Å². The third-order valence-electron chi connectivity index (χ3n) is 2.83. The third-order valence-corrected chi connectivity index (χ3v) is 3.13. The van der Waals surface area contributed by atoms with Crippen LogP contribution in [-0.4, -0.2) is 9.78 Å². The average molecular weight is 283 g/mol. The minimum absolute atomic E-state index is 0.354. The van der Waals surface area contributed by atoms with Crippen LogP contribution >= 0.6 is 12.2 Å². The number of rotatable bonds is 4. The second-order valence-corrected chi connectivity index (χ2v) is 4.59. The Morgan fingerprint density at radius 3 is 2.35 bits per heavy atom. The fourth-order valence-electron chi connectivity index (χ4n) is 1.83. The predicted octanol–water partition coefficient (Wildman–Crippen LogP) is 3.94. The molecule has 0 fully saturated rings. The monoisotopic (exact) mass is 283 g/mol. The van der Waals surface area contributed by atoms with Crippen molar-refractivity contribution in [1.82, 2.24) is 9.78 Å². The van der Waals surface area contributed by atoms with Crippen LogP contribution in [0.2, 0.25) is 0 Å². The van der Waals surface area contributed by atoms with Crippen molar-refractivity contribution in [2.75, 3.05) is 5.32 Å². The molecule has 100 valence electrons. The molecule has 0 saturated carbocycles. The molecule has 5 heteroatoms. The Bertz CT molecular complexity index is 735. The van der Waals surface area contributed by atoms with Gasteiger partial charge in [-0.25, -0.2) is 4.68 Å². The van der Waals surface area contributed by atoms with Crippen LogP contribution in [0, 0.1) is 4.84 Å². The maximum atomic E-state index is 5.52. The van der Waals surface area contributed by atoms with Gasteiger partial charge in [0.15, 0.2) is 0 Å². The SMILES string of the molecule is S=c1oc(-c2ccccc2)nn1CNc1ccccc1. The van der Waals surface area contributed by atoms with Gasteiger partial charge in [0, 0.05) is 11.3 Å². The Labute approximate surface area is 121 Å².